The maximum atomic E-state index is 13.2. The Morgan fingerprint density at radius 3 is 2.58 bits per heavy atom. The number of para-hydroxylation sites is 1. The van der Waals surface area contributed by atoms with Gasteiger partial charge in [-0.2, -0.15) is 0 Å². The maximum absolute atomic E-state index is 13.2. The van der Waals surface area contributed by atoms with Gasteiger partial charge in [0.15, 0.2) is 0 Å². The lowest BCUT2D eigenvalue weighted by atomic mass is 10.1. The summed E-state index contributed by atoms with van der Waals surface area (Å²) < 4.78 is 0.939. The van der Waals surface area contributed by atoms with Crippen LogP contribution in [0.2, 0.25) is 5.02 Å². The van der Waals surface area contributed by atoms with Crippen molar-refractivity contribution >= 4 is 50.5 Å². The van der Waals surface area contributed by atoms with E-state index in [4.69, 9.17) is 17.3 Å². The molecule has 1 atom stereocenters. The van der Waals surface area contributed by atoms with Crippen LogP contribution in [0.25, 0.3) is 10.1 Å². The molecule has 0 spiro atoms. The molecule has 3 aromatic rings. The molecule has 0 saturated carbocycles. The number of rotatable bonds is 2. The Morgan fingerprint density at radius 2 is 1.83 bits per heavy atom. The van der Waals surface area contributed by atoms with Crippen LogP contribution in [0.4, 0.5) is 5.69 Å². The Bertz CT molecular complexity index is 982. The first kappa shape index (κ1) is 15.2. The molecule has 6 heteroatoms. The molecule has 2 heterocycles. The van der Waals surface area contributed by atoms with Gasteiger partial charge in [0.1, 0.15) is 10.9 Å². The average molecular weight is 357 g/mol. The van der Waals surface area contributed by atoms with Crippen molar-refractivity contribution in [2.24, 2.45) is 5.73 Å². The maximum Gasteiger partial charge on any atom is 0.270 e. The molecule has 2 aromatic carbocycles. The minimum atomic E-state index is -0.684. The van der Waals surface area contributed by atoms with Gasteiger partial charge in [-0.3, -0.25) is 14.5 Å². The van der Waals surface area contributed by atoms with Crippen molar-refractivity contribution in [1.82, 2.24) is 0 Å². The van der Waals surface area contributed by atoms with Gasteiger partial charge < -0.3 is 5.73 Å². The molecule has 0 aliphatic carbocycles. The van der Waals surface area contributed by atoms with Crippen LogP contribution in [0.1, 0.15) is 15.2 Å². The molecule has 0 saturated heterocycles. The zero-order valence-electron chi connectivity index (χ0n) is 12.5. The van der Waals surface area contributed by atoms with Gasteiger partial charge >= 0.3 is 0 Å². The van der Waals surface area contributed by atoms with Crippen molar-refractivity contribution < 1.29 is 9.59 Å². The van der Waals surface area contributed by atoms with Crippen LogP contribution in [0.15, 0.2) is 48.5 Å². The molecule has 1 aliphatic heterocycles. The van der Waals surface area contributed by atoms with Crippen molar-refractivity contribution in [2.45, 2.75) is 12.5 Å². The first-order valence-corrected chi connectivity index (χ1v) is 8.65. The topological polar surface area (TPSA) is 63.4 Å². The number of thiophene rings is 1. The third-order valence-electron chi connectivity index (χ3n) is 4.25. The molecule has 2 N–H and O–H groups in total. The molecule has 1 aliphatic rings. The highest BCUT2D eigenvalue weighted by atomic mass is 35.5. The molecule has 0 fully saturated rings. The molecular weight excluding hydrogens is 344 g/mol. The zero-order valence-corrected chi connectivity index (χ0v) is 14.1. The lowest BCUT2D eigenvalue weighted by Gasteiger charge is -2.22. The first-order valence-electron chi connectivity index (χ1n) is 7.45. The van der Waals surface area contributed by atoms with Gasteiger partial charge in [0.05, 0.1) is 5.02 Å². The molecule has 2 amide bonds. The van der Waals surface area contributed by atoms with Crippen LogP contribution >= 0.6 is 22.9 Å². The molecule has 1 aromatic heterocycles. The highest BCUT2D eigenvalue weighted by molar-refractivity contribution is 7.21. The predicted molar refractivity (Wildman–Crippen MR) is 96.8 cm³/mol. The summed E-state index contributed by atoms with van der Waals surface area (Å²) in [6.07, 6.45) is 0.430. The molecule has 0 bridgehead atoms. The number of halogens is 1. The number of hydrogen-bond acceptors (Lipinski definition) is 3. The number of amides is 2. The van der Waals surface area contributed by atoms with E-state index in [2.05, 4.69) is 0 Å². The summed E-state index contributed by atoms with van der Waals surface area (Å²) in [6.45, 7) is 0. The SMILES string of the molecule is NC(=O)[C@@H]1Cc2ccccc2N1C(=O)c1sc2ccccc2c1Cl. The second-order valence-corrected chi connectivity index (χ2v) is 7.10. The third-order valence-corrected chi connectivity index (χ3v) is 5.92. The van der Waals surface area contributed by atoms with Gasteiger partial charge in [-0.25, -0.2) is 0 Å². The summed E-state index contributed by atoms with van der Waals surface area (Å²) in [7, 11) is 0. The fourth-order valence-electron chi connectivity index (χ4n) is 3.13. The number of carbonyl (C=O) groups is 2. The quantitative estimate of drug-likeness (QED) is 0.762. The molecule has 0 unspecified atom stereocenters. The van der Waals surface area contributed by atoms with Gasteiger partial charge in [0, 0.05) is 22.2 Å². The smallest absolute Gasteiger partial charge is 0.270 e. The van der Waals surface area contributed by atoms with E-state index in [9.17, 15) is 9.59 Å². The average Bonchev–Trinajstić information content (AvgIpc) is 3.13. The molecule has 4 rings (SSSR count). The summed E-state index contributed by atoms with van der Waals surface area (Å²) in [6, 6.07) is 14.4. The van der Waals surface area contributed by atoms with Crippen LogP contribution in [0.5, 0.6) is 0 Å². The van der Waals surface area contributed by atoms with Gasteiger partial charge in [-0.05, 0) is 17.7 Å². The summed E-state index contributed by atoms with van der Waals surface area (Å²) in [5, 5.41) is 1.27. The Morgan fingerprint density at radius 1 is 1.12 bits per heavy atom. The third kappa shape index (κ3) is 2.20. The van der Waals surface area contributed by atoms with Gasteiger partial charge in [-0.1, -0.05) is 48.0 Å². The molecule has 24 heavy (non-hydrogen) atoms. The highest BCUT2D eigenvalue weighted by Crippen LogP contribution is 2.39. The Kier molecular flexibility index (Phi) is 3.55. The number of primary amides is 1. The minimum absolute atomic E-state index is 0.282. The fraction of sp³-hybridized carbons (Fsp3) is 0.111. The number of benzene rings is 2. The highest BCUT2D eigenvalue weighted by Gasteiger charge is 2.38. The summed E-state index contributed by atoms with van der Waals surface area (Å²) in [5.74, 6) is -0.799. The van der Waals surface area contributed by atoms with E-state index in [0.717, 1.165) is 21.3 Å². The fourth-order valence-corrected chi connectivity index (χ4v) is 4.57. The molecular formula is C18H13ClN2O2S. The van der Waals surface area contributed by atoms with E-state index in [1.807, 2.05) is 48.5 Å². The summed E-state index contributed by atoms with van der Waals surface area (Å²) in [4.78, 5) is 26.9. The number of anilines is 1. The number of nitrogens with two attached hydrogens (primary N) is 1. The number of hydrogen-bond donors (Lipinski definition) is 1. The largest absolute Gasteiger partial charge is 0.368 e. The van der Waals surface area contributed by atoms with E-state index < -0.39 is 11.9 Å². The minimum Gasteiger partial charge on any atom is -0.368 e. The second-order valence-electron chi connectivity index (χ2n) is 5.67. The van der Waals surface area contributed by atoms with Crippen molar-refractivity contribution in [3.63, 3.8) is 0 Å². The normalized spacial score (nSPS) is 16.4. The lowest BCUT2D eigenvalue weighted by Crippen LogP contribution is -2.45. The second kappa shape index (κ2) is 5.61. The van der Waals surface area contributed by atoms with Crippen LogP contribution in [-0.2, 0) is 11.2 Å². The monoisotopic (exact) mass is 356 g/mol. The van der Waals surface area contributed by atoms with Crippen molar-refractivity contribution in [2.75, 3.05) is 4.90 Å². The molecule has 4 nitrogen and oxygen atoms in total. The Balaban J connectivity index is 1.85. The van der Waals surface area contributed by atoms with Crippen molar-refractivity contribution in [3.8, 4) is 0 Å². The Hall–Kier alpha value is -2.37. The summed E-state index contributed by atoms with van der Waals surface area (Å²) in [5.41, 5.74) is 7.19. The number of carbonyl (C=O) groups excluding carboxylic acids is 2. The predicted octanol–water partition coefficient (Wildman–Crippen LogP) is 3.61. The van der Waals surface area contributed by atoms with Crippen LogP contribution < -0.4 is 10.6 Å². The van der Waals surface area contributed by atoms with Crippen LogP contribution in [-0.4, -0.2) is 17.9 Å². The Labute approximate surface area is 147 Å². The van der Waals surface area contributed by atoms with Crippen LogP contribution in [0.3, 0.4) is 0 Å². The standard InChI is InChI=1S/C18H13ClN2O2S/c19-15-11-6-2-4-8-14(11)24-16(15)18(23)21-12-7-3-1-5-10(12)9-13(21)17(20)22/h1-8,13H,9H2,(H2,20,22)/t13-/m0/s1. The molecule has 0 radical (unpaired) electrons. The number of nitrogens with zero attached hydrogens (tertiary/aromatic N) is 1. The van der Waals surface area contributed by atoms with Gasteiger partial charge in [-0.15, -0.1) is 11.3 Å². The lowest BCUT2D eigenvalue weighted by molar-refractivity contribution is -0.119. The van der Waals surface area contributed by atoms with E-state index in [1.54, 1.807) is 0 Å². The van der Waals surface area contributed by atoms with Crippen LogP contribution in [0, 0.1) is 0 Å². The van der Waals surface area contributed by atoms with Gasteiger partial charge in [0.2, 0.25) is 5.91 Å². The van der Waals surface area contributed by atoms with Gasteiger partial charge in [0.25, 0.3) is 5.91 Å². The zero-order chi connectivity index (χ0) is 16.8. The van der Waals surface area contributed by atoms with E-state index in [-0.39, 0.29) is 5.91 Å². The number of fused-ring (bicyclic) bond motifs is 2. The van der Waals surface area contributed by atoms with E-state index in [1.165, 1.54) is 16.2 Å². The van der Waals surface area contributed by atoms with Crippen molar-refractivity contribution in [1.29, 1.82) is 0 Å². The first-order chi connectivity index (χ1) is 11.6. The molecule has 120 valence electrons. The van der Waals surface area contributed by atoms with E-state index in [0.29, 0.717) is 16.3 Å². The van der Waals surface area contributed by atoms with E-state index >= 15 is 0 Å². The van der Waals surface area contributed by atoms with Crippen molar-refractivity contribution in [3.05, 3.63) is 64.0 Å². The summed E-state index contributed by atoms with van der Waals surface area (Å²) >= 11 is 7.76.